The first kappa shape index (κ1) is 20.5. The standard InChI is InChI=1S/C17H29F3N4/c1-5-9-23(10-6-2)15-13-14(17(18,19)20)21-16(22-15)24(11-7-3)12-8-4/h13H,5-12H2,1-4H3. The normalized spacial score (nSPS) is 11.6. The van der Waals surface area contributed by atoms with Crippen LogP contribution in [0.5, 0.6) is 0 Å². The Bertz CT molecular complexity index is 445. The zero-order valence-electron chi connectivity index (χ0n) is 15.2. The SMILES string of the molecule is CCCN(CCC)c1cc(C(F)(F)F)nc(N(CCC)CCC)n1. The fourth-order valence-corrected chi connectivity index (χ4v) is 2.60. The molecule has 0 radical (unpaired) electrons. The Morgan fingerprint density at radius 3 is 1.67 bits per heavy atom. The fraction of sp³-hybridized carbons (Fsp3) is 0.765. The maximum absolute atomic E-state index is 13.3. The van der Waals surface area contributed by atoms with Crippen LogP contribution in [0.15, 0.2) is 6.07 Å². The number of rotatable bonds is 10. The molecule has 7 heteroatoms. The number of halogens is 3. The van der Waals surface area contributed by atoms with Crippen LogP contribution in [0.25, 0.3) is 0 Å². The smallest absolute Gasteiger partial charge is 0.356 e. The van der Waals surface area contributed by atoms with Gasteiger partial charge in [0.1, 0.15) is 5.82 Å². The lowest BCUT2D eigenvalue weighted by Crippen LogP contribution is -2.31. The largest absolute Gasteiger partial charge is 0.433 e. The monoisotopic (exact) mass is 346 g/mol. The van der Waals surface area contributed by atoms with Gasteiger partial charge in [0.05, 0.1) is 0 Å². The lowest BCUT2D eigenvalue weighted by atomic mass is 10.3. The van der Waals surface area contributed by atoms with Gasteiger partial charge in [-0.2, -0.15) is 18.2 Å². The molecule has 0 N–H and O–H groups in total. The number of hydrogen-bond acceptors (Lipinski definition) is 4. The molecule has 1 heterocycles. The van der Waals surface area contributed by atoms with Gasteiger partial charge in [0.25, 0.3) is 0 Å². The van der Waals surface area contributed by atoms with Crippen molar-refractivity contribution in [2.45, 2.75) is 59.6 Å². The second-order valence-electron chi connectivity index (χ2n) is 5.88. The van der Waals surface area contributed by atoms with Crippen LogP contribution < -0.4 is 9.80 Å². The molecule has 1 aromatic rings. The molecule has 1 rings (SSSR count). The maximum atomic E-state index is 13.3. The third kappa shape index (κ3) is 5.83. The summed E-state index contributed by atoms with van der Waals surface area (Å²) in [6.45, 7) is 10.7. The van der Waals surface area contributed by atoms with Crippen molar-refractivity contribution in [1.29, 1.82) is 0 Å². The summed E-state index contributed by atoms with van der Waals surface area (Å²) < 4.78 is 39.9. The quantitative estimate of drug-likeness (QED) is 0.612. The van der Waals surface area contributed by atoms with E-state index in [1.807, 2.05) is 37.5 Å². The first-order chi connectivity index (χ1) is 11.4. The van der Waals surface area contributed by atoms with E-state index in [2.05, 4.69) is 9.97 Å². The van der Waals surface area contributed by atoms with Crippen LogP contribution in [0.4, 0.5) is 24.9 Å². The van der Waals surface area contributed by atoms with Gasteiger partial charge in [0.2, 0.25) is 5.95 Å². The molecule has 0 fully saturated rings. The molecular weight excluding hydrogens is 317 g/mol. The molecule has 0 atom stereocenters. The van der Waals surface area contributed by atoms with Gasteiger partial charge in [-0.3, -0.25) is 0 Å². The maximum Gasteiger partial charge on any atom is 0.433 e. The number of alkyl halides is 3. The summed E-state index contributed by atoms with van der Waals surface area (Å²) in [5, 5.41) is 0. The van der Waals surface area contributed by atoms with Crippen molar-refractivity contribution in [1.82, 2.24) is 9.97 Å². The molecule has 0 aliphatic carbocycles. The average molecular weight is 346 g/mol. The topological polar surface area (TPSA) is 32.3 Å². The second kappa shape index (κ2) is 9.69. The zero-order chi connectivity index (χ0) is 18.2. The Balaban J connectivity index is 3.34. The summed E-state index contributed by atoms with van der Waals surface area (Å²) in [5.74, 6) is 0.550. The van der Waals surface area contributed by atoms with Crippen LogP contribution in [-0.4, -0.2) is 36.1 Å². The minimum atomic E-state index is -4.47. The van der Waals surface area contributed by atoms with E-state index in [9.17, 15) is 13.2 Å². The first-order valence-corrected chi connectivity index (χ1v) is 8.83. The highest BCUT2D eigenvalue weighted by molar-refractivity contribution is 5.46. The summed E-state index contributed by atoms with van der Waals surface area (Å²) in [5.41, 5.74) is -0.864. The first-order valence-electron chi connectivity index (χ1n) is 8.83. The summed E-state index contributed by atoms with van der Waals surface area (Å²) >= 11 is 0. The Morgan fingerprint density at radius 2 is 1.25 bits per heavy atom. The van der Waals surface area contributed by atoms with Crippen molar-refractivity contribution in [3.63, 3.8) is 0 Å². The Hall–Kier alpha value is -1.53. The van der Waals surface area contributed by atoms with E-state index >= 15 is 0 Å². The van der Waals surface area contributed by atoms with E-state index in [-0.39, 0.29) is 5.95 Å². The Labute approximate surface area is 143 Å². The van der Waals surface area contributed by atoms with Gasteiger partial charge in [0.15, 0.2) is 5.69 Å². The molecule has 0 amide bonds. The van der Waals surface area contributed by atoms with Crippen molar-refractivity contribution >= 4 is 11.8 Å². The molecule has 0 aliphatic rings. The third-order valence-corrected chi connectivity index (χ3v) is 3.57. The zero-order valence-corrected chi connectivity index (χ0v) is 15.2. The van der Waals surface area contributed by atoms with Crippen LogP contribution in [-0.2, 0) is 6.18 Å². The van der Waals surface area contributed by atoms with Gasteiger partial charge in [-0.05, 0) is 25.7 Å². The summed E-state index contributed by atoms with van der Waals surface area (Å²) in [7, 11) is 0. The minimum absolute atomic E-state index is 0.181. The van der Waals surface area contributed by atoms with Gasteiger partial charge in [-0.1, -0.05) is 27.7 Å². The van der Waals surface area contributed by atoms with E-state index in [0.717, 1.165) is 31.7 Å². The van der Waals surface area contributed by atoms with Crippen molar-refractivity contribution in [3.05, 3.63) is 11.8 Å². The van der Waals surface area contributed by atoms with Gasteiger partial charge in [-0.15, -0.1) is 0 Å². The van der Waals surface area contributed by atoms with Crippen molar-refractivity contribution in [3.8, 4) is 0 Å². The molecule has 138 valence electrons. The molecule has 24 heavy (non-hydrogen) atoms. The number of aromatic nitrogens is 2. The predicted molar refractivity (Wildman–Crippen MR) is 92.6 cm³/mol. The summed E-state index contributed by atoms with van der Waals surface area (Å²) in [4.78, 5) is 12.0. The molecule has 0 unspecified atom stereocenters. The highest BCUT2D eigenvalue weighted by atomic mass is 19.4. The van der Waals surface area contributed by atoms with Crippen LogP contribution in [0.1, 0.15) is 59.1 Å². The highest BCUT2D eigenvalue weighted by Crippen LogP contribution is 2.31. The summed E-state index contributed by atoms with van der Waals surface area (Å²) in [6, 6.07) is 1.07. The lowest BCUT2D eigenvalue weighted by Gasteiger charge is -2.27. The average Bonchev–Trinajstić information content (AvgIpc) is 2.53. The van der Waals surface area contributed by atoms with E-state index < -0.39 is 11.9 Å². The van der Waals surface area contributed by atoms with Crippen LogP contribution in [0.2, 0.25) is 0 Å². The third-order valence-electron chi connectivity index (χ3n) is 3.57. The molecule has 4 nitrogen and oxygen atoms in total. The Kier molecular flexibility index (Phi) is 8.28. The second-order valence-corrected chi connectivity index (χ2v) is 5.88. The molecule has 0 aliphatic heterocycles. The highest BCUT2D eigenvalue weighted by Gasteiger charge is 2.34. The summed E-state index contributed by atoms with van der Waals surface area (Å²) in [6.07, 6.45) is -1.09. The minimum Gasteiger partial charge on any atom is -0.356 e. The number of anilines is 2. The molecule has 0 aromatic carbocycles. The van der Waals surface area contributed by atoms with E-state index in [1.165, 1.54) is 0 Å². The lowest BCUT2D eigenvalue weighted by molar-refractivity contribution is -0.141. The Morgan fingerprint density at radius 1 is 0.792 bits per heavy atom. The molecule has 1 aromatic heterocycles. The molecular formula is C17H29F3N4. The molecule has 0 spiro atoms. The van der Waals surface area contributed by atoms with Crippen molar-refractivity contribution in [2.75, 3.05) is 36.0 Å². The molecule has 0 bridgehead atoms. The predicted octanol–water partition coefficient (Wildman–Crippen LogP) is 4.75. The van der Waals surface area contributed by atoms with Gasteiger partial charge in [-0.25, -0.2) is 4.98 Å². The van der Waals surface area contributed by atoms with Crippen LogP contribution >= 0.6 is 0 Å². The fourth-order valence-electron chi connectivity index (χ4n) is 2.60. The van der Waals surface area contributed by atoms with Crippen LogP contribution in [0, 0.1) is 0 Å². The van der Waals surface area contributed by atoms with E-state index in [0.29, 0.717) is 32.0 Å². The molecule has 0 saturated carbocycles. The van der Waals surface area contributed by atoms with Gasteiger partial charge < -0.3 is 9.80 Å². The van der Waals surface area contributed by atoms with Gasteiger partial charge in [0, 0.05) is 32.2 Å². The van der Waals surface area contributed by atoms with Crippen LogP contribution in [0.3, 0.4) is 0 Å². The molecule has 0 saturated heterocycles. The van der Waals surface area contributed by atoms with Crippen molar-refractivity contribution in [2.24, 2.45) is 0 Å². The number of nitrogens with zero attached hydrogens (tertiary/aromatic N) is 4. The van der Waals surface area contributed by atoms with E-state index in [4.69, 9.17) is 0 Å². The number of hydrogen-bond donors (Lipinski definition) is 0. The van der Waals surface area contributed by atoms with Gasteiger partial charge >= 0.3 is 6.18 Å². The van der Waals surface area contributed by atoms with E-state index in [1.54, 1.807) is 0 Å². The van der Waals surface area contributed by atoms with Crippen molar-refractivity contribution < 1.29 is 13.2 Å².